The molecule has 0 aromatic heterocycles. The lowest BCUT2D eigenvalue weighted by molar-refractivity contribution is -0.186. The van der Waals surface area contributed by atoms with E-state index in [0.29, 0.717) is 10.5 Å². The first-order chi connectivity index (χ1) is 9.10. The molecule has 2 rings (SSSR count). The van der Waals surface area contributed by atoms with Gasteiger partial charge in [0.25, 0.3) is 0 Å². The molecule has 1 aromatic carbocycles. The maximum absolute atomic E-state index is 12.8. The largest absolute Gasteiger partial charge is 0.471 e. The van der Waals surface area contributed by atoms with Crippen LogP contribution in [0.3, 0.4) is 0 Å². The van der Waals surface area contributed by atoms with Gasteiger partial charge in [-0.3, -0.25) is 4.79 Å². The van der Waals surface area contributed by atoms with Gasteiger partial charge in [0, 0.05) is 13.1 Å². The van der Waals surface area contributed by atoms with E-state index >= 15 is 0 Å². The Bertz CT molecular complexity index is 534. The number of carbonyl (C=O) groups excluding carboxylic acids is 1. The number of amides is 1. The summed E-state index contributed by atoms with van der Waals surface area (Å²) in [7, 11) is 0. The number of nitrogens with zero attached hydrogens (tertiary/aromatic N) is 1. The second kappa shape index (κ2) is 4.68. The van der Waals surface area contributed by atoms with Gasteiger partial charge in [0.2, 0.25) is 0 Å². The highest BCUT2D eigenvalue weighted by Crippen LogP contribution is 2.36. The standard InChI is InChI=1S/C12H9F6NO/c13-11(14,15)9-3-1-2-7-4-5-19(6-8(7)9)10(20)12(16,17)18/h1-3H,4-6H2. The first kappa shape index (κ1) is 14.7. The maximum Gasteiger partial charge on any atom is 0.471 e. The van der Waals surface area contributed by atoms with E-state index < -0.39 is 30.4 Å². The van der Waals surface area contributed by atoms with Crippen molar-refractivity contribution in [1.29, 1.82) is 0 Å². The van der Waals surface area contributed by atoms with Crippen LogP contribution in [0.25, 0.3) is 0 Å². The van der Waals surface area contributed by atoms with Crippen molar-refractivity contribution in [2.24, 2.45) is 0 Å². The number of carbonyl (C=O) groups is 1. The fraction of sp³-hybridized carbons (Fsp3) is 0.417. The molecule has 0 unspecified atom stereocenters. The molecule has 0 N–H and O–H groups in total. The van der Waals surface area contributed by atoms with Gasteiger partial charge in [0.05, 0.1) is 5.56 Å². The van der Waals surface area contributed by atoms with E-state index in [1.807, 2.05) is 0 Å². The second-order valence-corrected chi connectivity index (χ2v) is 4.42. The number of alkyl halides is 6. The van der Waals surface area contributed by atoms with Crippen molar-refractivity contribution in [2.75, 3.05) is 6.54 Å². The normalized spacial score (nSPS) is 16.0. The zero-order valence-corrected chi connectivity index (χ0v) is 9.98. The second-order valence-electron chi connectivity index (χ2n) is 4.42. The van der Waals surface area contributed by atoms with Crippen LogP contribution in [-0.4, -0.2) is 23.5 Å². The molecule has 110 valence electrons. The maximum atomic E-state index is 12.8. The number of halogens is 6. The molecule has 8 heteroatoms. The number of hydrogen-bond acceptors (Lipinski definition) is 1. The van der Waals surface area contributed by atoms with Crippen LogP contribution in [0, 0.1) is 0 Å². The van der Waals surface area contributed by atoms with Crippen LogP contribution in [0.4, 0.5) is 26.3 Å². The van der Waals surface area contributed by atoms with E-state index in [1.54, 1.807) is 0 Å². The quantitative estimate of drug-likeness (QED) is 0.674. The predicted molar refractivity (Wildman–Crippen MR) is 56.6 cm³/mol. The van der Waals surface area contributed by atoms with Crippen LogP contribution in [0.15, 0.2) is 18.2 Å². The van der Waals surface area contributed by atoms with E-state index in [-0.39, 0.29) is 18.5 Å². The van der Waals surface area contributed by atoms with Crippen LogP contribution in [0.2, 0.25) is 0 Å². The van der Waals surface area contributed by atoms with Crippen molar-refractivity contribution in [3.8, 4) is 0 Å². The summed E-state index contributed by atoms with van der Waals surface area (Å²) in [4.78, 5) is 11.5. The zero-order valence-electron chi connectivity index (χ0n) is 9.98. The van der Waals surface area contributed by atoms with Crippen LogP contribution in [0.5, 0.6) is 0 Å². The van der Waals surface area contributed by atoms with Crippen LogP contribution < -0.4 is 0 Å². The predicted octanol–water partition coefficient (Wildman–Crippen LogP) is 3.15. The Balaban J connectivity index is 2.36. The van der Waals surface area contributed by atoms with E-state index in [4.69, 9.17) is 0 Å². The highest BCUT2D eigenvalue weighted by atomic mass is 19.4. The number of hydrogen-bond donors (Lipinski definition) is 0. The van der Waals surface area contributed by atoms with Crippen molar-refractivity contribution in [2.45, 2.75) is 25.3 Å². The highest BCUT2D eigenvalue weighted by Gasteiger charge is 2.44. The summed E-state index contributed by atoms with van der Waals surface area (Å²) in [5.41, 5.74) is -0.926. The van der Waals surface area contributed by atoms with Crippen LogP contribution in [-0.2, 0) is 23.9 Å². The van der Waals surface area contributed by atoms with E-state index in [0.717, 1.165) is 6.07 Å². The number of rotatable bonds is 0. The van der Waals surface area contributed by atoms with Gasteiger partial charge < -0.3 is 4.90 Å². The summed E-state index contributed by atoms with van der Waals surface area (Å²) in [5.74, 6) is -2.11. The summed E-state index contributed by atoms with van der Waals surface area (Å²) in [5, 5.41) is 0. The average molecular weight is 297 g/mol. The molecule has 1 amide bonds. The van der Waals surface area contributed by atoms with Crippen molar-refractivity contribution in [1.82, 2.24) is 4.90 Å². The highest BCUT2D eigenvalue weighted by molar-refractivity contribution is 5.82. The molecular formula is C12H9F6NO. The third-order valence-corrected chi connectivity index (χ3v) is 3.11. The lowest BCUT2D eigenvalue weighted by atomic mass is 9.94. The smallest absolute Gasteiger partial charge is 0.330 e. The van der Waals surface area contributed by atoms with Gasteiger partial charge in [-0.15, -0.1) is 0 Å². The molecule has 0 aliphatic carbocycles. The molecule has 0 radical (unpaired) electrons. The number of benzene rings is 1. The molecule has 1 aromatic rings. The van der Waals surface area contributed by atoms with Gasteiger partial charge in [-0.1, -0.05) is 12.1 Å². The Hall–Kier alpha value is -1.73. The van der Waals surface area contributed by atoms with Gasteiger partial charge in [-0.2, -0.15) is 26.3 Å². The third kappa shape index (κ3) is 2.73. The summed E-state index contributed by atoms with van der Waals surface area (Å²) in [6, 6.07) is 3.45. The van der Waals surface area contributed by atoms with Crippen molar-refractivity contribution < 1.29 is 31.1 Å². The summed E-state index contributed by atoms with van der Waals surface area (Å²) < 4.78 is 75.4. The average Bonchev–Trinajstić information content (AvgIpc) is 2.34. The Morgan fingerprint density at radius 1 is 1.10 bits per heavy atom. The van der Waals surface area contributed by atoms with Crippen molar-refractivity contribution in [3.63, 3.8) is 0 Å². The third-order valence-electron chi connectivity index (χ3n) is 3.11. The van der Waals surface area contributed by atoms with E-state index in [9.17, 15) is 31.1 Å². The Morgan fingerprint density at radius 3 is 2.30 bits per heavy atom. The Morgan fingerprint density at radius 2 is 1.75 bits per heavy atom. The Kier molecular flexibility index (Phi) is 3.43. The minimum atomic E-state index is -5.08. The van der Waals surface area contributed by atoms with Crippen LogP contribution in [0.1, 0.15) is 16.7 Å². The van der Waals surface area contributed by atoms with E-state index in [1.165, 1.54) is 12.1 Å². The molecule has 0 saturated carbocycles. The molecule has 1 aliphatic rings. The zero-order chi connectivity index (χ0) is 15.1. The van der Waals surface area contributed by atoms with Gasteiger partial charge in [-0.25, -0.2) is 0 Å². The fourth-order valence-corrected chi connectivity index (χ4v) is 2.20. The molecule has 1 heterocycles. The summed E-state index contributed by atoms with van der Waals surface area (Å²) >= 11 is 0. The molecule has 0 atom stereocenters. The molecular weight excluding hydrogens is 288 g/mol. The fourth-order valence-electron chi connectivity index (χ4n) is 2.20. The molecule has 20 heavy (non-hydrogen) atoms. The molecule has 1 aliphatic heterocycles. The molecule has 0 fully saturated rings. The first-order valence-corrected chi connectivity index (χ1v) is 5.65. The molecule has 2 nitrogen and oxygen atoms in total. The monoisotopic (exact) mass is 297 g/mol. The van der Waals surface area contributed by atoms with Gasteiger partial charge in [-0.05, 0) is 23.6 Å². The van der Waals surface area contributed by atoms with Gasteiger partial charge in [0.15, 0.2) is 0 Å². The lowest BCUT2D eigenvalue weighted by Gasteiger charge is -2.31. The Labute approximate surface area is 110 Å². The SMILES string of the molecule is O=C(N1CCc2cccc(C(F)(F)F)c2C1)C(F)(F)F. The minimum absolute atomic E-state index is 0.0267. The molecule has 0 spiro atoms. The first-order valence-electron chi connectivity index (χ1n) is 5.65. The van der Waals surface area contributed by atoms with E-state index in [2.05, 4.69) is 0 Å². The minimum Gasteiger partial charge on any atom is -0.330 e. The van der Waals surface area contributed by atoms with Crippen molar-refractivity contribution in [3.05, 3.63) is 34.9 Å². The van der Waals surface area contributed by atoms with Crippen LogP contribution >= 0.6 is 0 Å². The molecule has 0 bridgehead atoms. The summed E-state index contributed by atoms with van der Waals surface area (Å²) in [6.45, 7) is -0.921. The summed E-state index contributed by atoms with van der Waals surface area (Å²) in [6.07, 6.45) is -9.76. The van der Waals surface area contributed by atoms with Crippen molar-refractivity contribution >= 4 is 5.91 Å². The number of fused-ring (bicyclic) bond motifs is 1. The van der Waals surface area contributed by atoms with Gasteiger partial charge in [0.1, 0.15) is 0 Å². The molecule has 0 saturated heterocycles. The van der Waals surface area contributed by atoms with Gasteiger partial charge >= 0.3 is 18.3 Å². The lowest BCUT2D eigenvalue weighted by Crippen LogP contribution is -2.44. The topological polar surface area (TPSA) is 20.3 Å².